The summed E-state index contributed by atoms with van der Waals surface area (Å²) in [6.45, 7) is 3.92. The van der Waals surface area contributed by atoms with Gasteiger partial charge in [-0.25, -0.2) is 9.97 Å². The Labute approximate surface area is 165 Å². The summed E-state index contributed by atoms with van der Waals surface area (Å²) in [6.07, 6.45) is 0.103. The fourth-order valence-corrected chi connectivity index (χ4v) is 3.90. The summed E-state index contributed by atoms with van der Waals surface area (Å²) >= 11 is 2.68. The number of pyridine rings is 1. The zero-order valence-corrected chi connectivity index (χ0v) is 16.6. The van der Waals surface area contributed by atoms with Crippen LogP contribution in [0.5, 0.6) is 0 Å². The van der Waals surface area contributed by atoms with Gasteiger partial charge in [0.2, 0.25) is 5.91 Å². The van der Waals surface area contributed by atoms with E-state index in [4.69, 9.17) is 4.74 Å². The number of nitrogens with one attached hydrogen (secondary N) is 1. The molecule has 3 rings (SSSR count). The number of rotatable bonds is 7. The van der Waals surface area contributed by atoms with Gasteiger partial charge in [-0.15, -0.1) is 11.3 Å². The lowest BCUT2D eigenvalue weighted by molar-refractivity contribution is -0.142. The van der Waals surface area contributed by atoms with Crippen LogP contribution in [0.3, 0.4) is 0 Å². The summed E-state index contributed by atoms with van der Waals surface area (Å²) < 4.78 is 4.90. The van der Waals surface area contributed by atoms with Crippen LogP contribution in [0.1, 0.15) is 19.5 Å². The Hall–Kier alpha value is -2.45. The van der Waals surface area contributed by atoms with Crippen LogP contribution in [0.4, 0.5) is 5.13 Å². The first-order valence-corrected chi connectivity index (χ1v) is 10.2. The number of hydrogen-bond donors (Lipinski definition) is 1. The predicted molar refractivity (Wildman–Crippen MR) is 108 cm³/mol. The lowest BCUT2D eigenvalue weighted by Crippen LogP contribution is -2.22. The number of nitrogens with zero attached hydrogens (tertiary/aromatic N) is 2. The molecule has 8 heteroatoms. The minimum atomic E-state index is -0.337. The van der Waals surface area contributed by atoms with Gasteiger partial charge < -0.3 is 10.1 Å². The third kappa shape index (κ3) is 5.27. The lowest BCUT2D eigenvalue weighted by Gasteiger charge is -2.10. The Bertz CT molecular complexity index is 958. The molecular formula is C19H19N3O3S2. The molecule has 2 heterocycles. The summed E-state index contributed by atoms with van der Waals surface area (Å²) in [5, 5.41) is 6.53. The highest BCUT2D eigenvalue weighted by molar-refractivity contribution is 8.00. The molecule has 1 N–H and O–H groups in total. The maximum absolute atomic E-state index is 12.4. The molecule has 6 nitrogen and oxygen atoms in total. The van der Waals surface area contributed by atoms with E-state index < -0.39 is 0 Å². The van der Waals surface area contributed by atoms with Gasteiger partial charge in [-0.1, -0.05) is 36.0 Å². The van der Waals surface area contributed by atoms with Crippen LogP contribution in [0, 0.1) is 0 Å². The Balaban J connectivity index is 1.58. The van der Waals surface area contributed by atoms with Crippen molar-refractivity contribution in [3.8, 4) is 0 Å². The van der Waals surface area contributed by atoms with Crippen molar-refractivity contribution in [2.24, 2.45) is 0 Å². The Morgan fingerprint density at radius 3 is 2.85 bits per heavy atom. The monoisotopic (exact) mass is 401 g/mol. The summed E-state index contributed by atoms with van der Waals surface area (Å²) in [5.41, 5.74) is 1.49. The zero-order chi connectivity index (χ0) is 19.2. The maximum atomic E-state index is 12.4. The summed E-state index contributed by atoms with van der Waals surface area (Å²) in [4.78, 5) is 32.8. The number of hydrogen-bond acceptors (Lipinski definition) is 7. The van der Waals surface area contributed by atoms with Gasteiger partial charge in [-0.2, -0.15) is 0 Å². The molecule has 1 atom stereocenters. The van der Waals surface area contributed by atoms with Crippen molar-refractivity contribution in [1.29, 1.82) is 0 Å². The SMILES string of the molecule is CCOC(=O)Cc1csc(NC(=O)C(C)Sc2ccc3ccccc3n2)n1. The van der Waals surface area contributed by atoms with Gasteiger partial charge in [0, 0.05) is 10.8 Å². The van der Waals surface area contributed by atoms with Gasteiger partial charge in [0.1, 0.15) is 0 Å². The number of ether oxygens (including phenoxy) is 1. The first-order valence-electron chi connectivity index (χ1n) is 8.48. The number of carbonyl (C=O) groups is 2. The van der Waals surface area contributed by atoms with E-state index in [0.717, 1.165) is 15.9 Å². The molecule has 1 amide bonds. The Morgan fingerprint density at radius 1 is 1.22 bits per heavy atom. The highest BCUT2D eigenvalue weighted by Crippen LogP contribution is 2.25. The number of fused-ring (bicyclic) bond motifs is 1. The van der Waals surface area contributed by atoms with Crippen LogP contribution in [-0.2, 0) is 20.7 Å². The number of benzene rings is 1. The van der Waals surface area contributed by atoms with Crippen LogP contribution in [0.2, 0.25) is 0 Å². The molecule has 0 aliphatic carbocycles. The van der Waals surface area contributed by atoms with Crippen LogP contribution >= 0.6 is 23.1 Å². The highest BCUT2D eigenvalue weighted by Gasteiger charge is 2.17. The molecule has 2 aromatic heterocycles. The van der Waals surface area contributed by atoms with E-state index in [2.05, 4.69) is 15.3 Å². The topological polar surface area (TPSA) is 81.2 Å². The van der Waals surface area contributed by atoms with E-state index >= 15 is 0 Å². The molecular weight excluding hydrogens is 382 g/mol. The molecule has 0 bridgehead atoms. The smallest absolute Gasteiger partial charge is 0.311 e. The maximum Gasteiger partial charge on any atom is 0.311 e. The third-order valence-electron chi connectivity index (χ3n) is 3.65. The van der Waals surface area contributed by atoms with Crippen molar-refractivity contribution in [3.63, 3.8) is 0 Å². The van der Waals surface area contributed by atoms with E-state index in [0.29, 0.717) is 17.4 Å². The largest absolute Gasteiger partial charge is 0.466 e. The van der Waals surface area contributed by atoms with Crippen molar-refractivity contribution >= 4 is 51.0 Å². The number of para-hydroxylation sites is 1. The molecule has 0 aliphatic heterocycles. The summed E-state index contributed by atoms with van der Waals surface area (Å²) in [6, 6.07) is 11.8. The molecule has 140 valence electrons. The second kappa shape index (κ2) is 8.96. The highest BCUT2D eigenvalue weighted by atomic mass is 32.2. The minimum Gasteiger partial charge on any atom is -0.466 e. The molecule has 0 saturated carbocycles. The zero-order valence-electron chi connectivity index (χ0n) is 15.0. The first-order chi connectivity index (χ1) is 13.0. The minimum absolute atomic E-state index is 0.103. The number of anilines is 1. The van der Waals surface area contributed by atoms with Gasteiger partial charge in [-0.05, 0) is 26.0 Å². The third-order valence-corrected chi connectivity index (χ3v) is 5.50. The molecule has 0 aliphatic rings. The number of esters is 1. The summed E-state index contributed by atoms with van der Waals surface area (Å²) in [5.74, 6) is -0.487. The molecule has 0 radical (unpaired) electrons. The summed E-state index contributed by atoms with van der Waals surface area (Å²) in [7, 11) is 0. The predicted octanol–water partition coefficient (Wildman–Crippen LogP) is 3.92. The van der Waals surface area contributed by atoms with Crippen LogP contribution < -0.4 is 5.32 Å². The molecule has 0 saturated heterocycles. The van der Waals surface area contributed by atoms with E-state index in [1.54, 1.807) is 12.3 Å². The Morgan fingerprint density at radius 2 is 2.04 bits per heavy atom. The fourth-order valence-electron chi connectivity index (χ4n) is 2.36. The molecule has 27 heavy (non-hydrogen) atoms. The van der Waals surface area contributed by atoms with Gasteiger partial charge in [0.15, 0.2) is 5.13 Å². The van der Waals surface area contributed by atoms with Gasteiger partial charge in [0.25, 0.3) is 0 Å². The van der Waals surface area contributed by atoms with Crippen molar-refractivity contribution in [2.75, 3.05) is 11.9 Å². The van der Waals surface area contributed by atoms with Crippen molar-refractivity contribution in [2.45, 2.75) is 30.5 Å². The number of aromatic nitrogens is 2. The number of carbonyl (C=O) groups excluding carboxylic acids is 2. The van der Waals surface area contributed by atoms with E-state index in [-0.39, 0.29) is 23.5 Å². The van der Waals surface area contributed by atoms with Crippen LogP contribution in [0.15, 0.2) is 46.8 Å². The molecule has 3 aromatic rings. The normalized spacial score (nSPS) is 11.9. The van der Waals surface area contributed by atoms with Crippen LogP contribution in [0.25, 0.3) is 10.9 Å². The average molecular weight is 402 g/mol. The lowest BCUT2D eigenvalue weighted by atomic mass is 10.2. The standard InChI is InChI=1S/C19H19N3O3S2/c1-3-25-17(23)10-14-11-26-19(20-14)22-18(24)12(2)27-16-9-8-13-6-4-5-7-15(13)21-16/h4-9,11-12H,3,10H2,1-2H3,(H,20,22,24). The number of amides is 1. The second-order valence-corrected chi connectivity index (χ2v) is 7.94. The van der Waals surface area contributed by atoms with Crippen molar-refractivity contribution < 1.29 is 14.3 Å². The first kappa shape index (κ1) is 19.3. The van der Waals surface area contributed by atoms with Gasteiger partial charge in [-0.3, -0.25) is 9.59 Å². The fraction of sp³-hybridized carbons (Fsp3) is 0.263. The molecule has 1 aromatic carbocycles. The van der Waals surface area contributed by atoms with Gasteiger partial charge in [0.05, 0.1) is 34.5 Å². The van der Waals surface area contributed by atoms with Gasteiger partial charge >= 0.3 is 5.97 Å². The van der Waals surface area contributed by atoms with E-state index in [1.807, 2.05) is 43.3 Å². The molecule has 1 unspecified atom stereocenters. The number of thiazole rings is 1. The quantitative estimate of drug-likeness (QED) is 0.477. The van der Waals surface area contributed by atoms with Crippen molar-refractivity contribution in [1.82, 2.24) is 9.97 Å². The second-order valence-electron chi connectivity index (χ2n) is 5.72. The average Bonchev–Trinajstić information content (AvgIpc) is 3.08. The number of thioether (sulfide) groups is 1. The van der Waals surface area contributed by atoms with E-state index in [9.17, 15) is 9.59 Å². The molecule has 0 spiro atoms. The Kier molecular flexibility index (Phi) is 6.41. The molecule has 0 fully saturated rings. The van der Waals surface area contributed by atoms with Crippen molar-refractivity contribution in [3.05, 3.63) is 47.5 Å². The van der Waals surface area contributed by atoms with E-state index in [1.165, 1.54) is 23.1 Å². The van der Waals surface area contributed by atoms with Crippen LogP contribution in [-0.4, -0.2) is 33.7 Å².